The van der Waals surface area contributed by atoms with Gasteiger partial charge in [-0.2, -0.15) is 0 Å². The molecule has 1 saturated carbocycles. The maximum atomic E-state index is 12.9. The van der Waals surface area contributed by atoms with E-state index in [0.717, 1.165) is 32.4 Å². The number of hydrogen-bond donors (Lipinski definition) is 1. The first-order chi connectivity index (χ1) is 13.3. The smallest absolute Gasteiger partial charge is 0.317 e. The van der Waals surface area contributed by atoms with Crippen molar-refractivity contribution in [1.82, 2.24) is 10.2 Å². The summed E-state index contributed by atoms with van der Waals surface area (Å²) in [4.78, 5) is 14.9. The van der Waals surface area contributed by atoms with Crippen LogP contribution < -0.4 is 5.32 Å². The molecule has 1 aliphatic carbocycles. The van der Waals surface area contributed by atoms with Crippen LogP contribution >= 0.6 is 0 Å². The van der Waals surface area contributed by atoms with Crippen LogP contribution in [0.1, 0.15) is 96.0 Å². The van der Waals surface area contributed by atoms with E-state index in [1.807, 2.05) is 11.0 Å². The van der Waals surface area contributed by atoms with Crippen LogP contribution in [0.3, 0.4) is 0 Å². The highest BCUT2D eigenvalue weighted by atomic mass is 16.2. The predicted octanol–water partition coefficient (Wildman–Crippen LogP) is 6.67. The Balaban J connectivity index is 1.75. The van der Waals surface area contributed by atoms with Crippen molar-refractivity contribution in [2.24, 2.45) is 0 Å². The molecular weight excluding hydrogens is 332 g/mol. The maximum absolute atomic E-state index is 12.9. The lowest BCUT2D eigenvalue weighted by Gasteiger charge is -2.28. The van der Waals surface area contributed by atoms with Crippen molar-refractivity contribution in [3.05, 3.63) is 35.9 Å². The third-order valence-electron chi connectivity index (χ3n) is 5.72. The van der Waals surface area contributed by atoms with Crippen molar-refractivity contribution >= 4 is 6.03 Å². The summed E-state index contributed by atoms with van der Waals surface area (Å²) >= 11 is 0. The van der Waals surface area contributed by atoms with Gasteiger partial charge in [-0.15, -0.1) is 0 Å². The van der Waals surface area contributed by atoms with Crippen molar-refractivity contribution in [1.29, 1.82) is 0 Å². The largest absolute Gasteiger partial charge is 0.335 e. The number of rotatable bonds is 12. The Morgan fingerprint density at radius 3 is 2.22 bits per heavy atom. The van der Waals surface area contributed by atoms with Gasteiger partial charge >= 0.3 is 6.03 Å². The average molecular weight is 373 g/mol. The van der Waals surface area contributed by atoms with Gasteiger partial charge in [-0.1, -0.05) is 101 Å². The minimum absolute atomic E-state index is 0.133. The molecule has 27 heavy (non-hydrogen) atoms. The van der Waals surface area contributed by atoms with Gasteiger partial charge in [0.2, 0.25) is 0 Å². The average Bonchev–Trinajstić information content (AvgIpc) is 2.70. The fourth-order valence-corrected chi connectivity index (χ4v) is 4.01. The molecule has 0 heterocycles. The van der Waals surface area contributed by atoms with E-state index >= 15 is 0 Å². The summed E-state index contributed by atoms with van der Waals surface area (Å²) in [5.74, 6) is 0. The predicted molar refractivity (Wildman–Crippen MR) is 115 cm³/mol. The Kier molecular flexibility index (Phi) is 11.0. The monoisotopic (exact) mass is 372 g/mol. The lowest BCUT2D eigenvalue weighted by molar-refractivity contribution is 0.186. The van der Waals surface area contributed by atoms with Crippen molar-refractivity contribution < 1.29 is 4.79 Å². The van der Waals surface area contributed by atoms with Crippen LogP contribution in [-0.4, -0.2) is 23.5 Å². The number of benzene rings is 1. The van der Waals surface area contributed by atoms with Crippen molar-refractivity contribution in [2.45, 2.75) is 103 Å². The lowest BCUT2D eigenvalue weighted by Crippen LogP contribution is -2.45. The van der Waals surface area contributed by atoms with E-state index in [-0.39, 0.29) is 6.03 Å². The Labute approximate surface area is 166 Å². The molecule has 1 fully saturated rings. The van der Waals surface area contributed by atoms with Crippen LogP contribution in [0.15, 0.2) is 30.3 Å². The molecular formula is C24H40N2O. The molecule has 0 aliphatic heterocycles. The zero-order chi connectivity index (χ0) is 19.2. The SMILES string of the molecule is CCCCCCCCCCN(Cc1ccccc1)C(=O)NC1CCCCC1. The summed E-state index contributed by atoms with van der Waals surface area (Å²) in [5.41, 5.74) is 1.22. The minimum atomic E-state index is 0.133. The Bertz CT molecular complexity index is 496. The number of nitrogens with one attached hydrogen (secondary N) is 1. The highest BCUT2D eigenvalue weighted by Gasteiger charge is 2.19. The van der Waals surface area contributed by atoms with Gasteiger partial charge in [-0.25, -0.2) is 4.79 Å². The maximum Gasteiger partial charge on any atom is 0.317 e. The summed E-state index contributed by atoms with van der Waals surface area (Å²) in [6.07, 6.45) is 16.5. The van der Waals surface area contributed by atoms with Crippen molar-refractivity contribution in [3.63, 3.8) is 0 Å². The van der Waals surface area contributed by atoms with Crippen molar-refractivity contribution in [2.75, 3.05) is 6.54 Å². The standard InChI is InChI=1S/C24H40N2O/c1-2-3-4-5-6-7-8-15-20-26(21-22-16-11-9-12-17-22)24(27)25-23-18-13-10-14-19-23/h9,11-12,16-17,23H,2-8,10,13-15,18-21H2,1H3,(H,25,27). The second kappa shape index (κ2) is 13.6. The topological polar surface area (TPSA) is 32.3 Å². The van der Waals surface area contributed by atoms with Crippen LogP contribution in [0, 0.1) is 0 Å². The molecule has 0 unspecified atom stereocenters. The number of hydrogen-bond acceptors (Lipinski definition) is 1. The first-order valence-electron chi connectivity index (χ1n) is 11.4. The first kappa shape index (κ1) is 21.8. The van der Waals surface area contributed by atoms with Gasteiger partial charge in [0.25, 0.3) is 0 Å². The number of carbonyl (C=O) groups is 1. The number of unbranched alkanes of at least 4 members (excludes halogenated alkanes) is 7. The number of amides is 2. The third-order valence-corrected chi connectivity index (χ3v) is 5.72. The molecule has 1 aliphatic rings. The summed E-state index contributed by atoms with van der Waals surface area (Å²) < 4.78 is 0. The molecule has 0 aromatic heterocycles. The van der Waals surface area contributed by atoms with E-state index in [0.29, 0.717) is 6.04 Å². The Morgan fingerprint density at radius 2 is 1.56 bits per heavy atom. The van der Waals surface area contributed by atoms with Crippen LogP contribution in [0.5, 0.6) is 0 Å². The molecule has 1 aromatic carbocycles. The molecule has 3 nitrogen and oxygen atoms in total. The number of nitrogens with zero attached hydrogens (tertiary/aromatic N) is 1. The third kappa shape index (κ3) is 9.30. The summed E-state index contributed by atoms with van der Waals surface area (Å²) in [6, 6.07) is 10.9. The zero-order valence-corrected chi connectivity index (χ0v) is 17.4. The van der Waals surface area contributed by atoms with E-state index in [2.05, 4.69) is 36.5 Å². The fourth-order valence-electron chi connectivity index (χ4n) is 4.01. The zero-order valence-electron chi connectivity index (χ0n) is 17.4. The molecule has 2 amide bonds. The molecule has 3 heteroatoms. The molecule has 2 rings (SSSR count). The molecule has 0 spiro atoms. The summed E-state index contributed by atoms with van der Waals surface area (Å²) in [6.45, 7) is 3.85. The van der Waals surface area contributed by atoms with Gasteiger partial charge in [0.15, 0.2) is 0 Å². The van der Waals surface area contributed by atoms with E-state index in [1.165, 1.54) is 69.8 Å². The van der Waals surface area contributed by atoms with Gasteiger partial charge < -0.3 is 10.2 Å². The van der Waals surface area contributed by atoms with Gasteiger partial charge in [0, 0.05) is 19.1 Å². The van der Waals surface area contributed by atoms with Crippen molar-refractivity contribution in [3.8, 4) is 0 Å². The van der Waals surface area contributed by atoms with E-state index in [9.17, 15) is 4.79 Å². The molecule has 152 valence electrons. The van der Waals surface area contributed by atoms with Crippen LogP contribution in [0.25, 0.3) is 0 Å². The Morgan fingerprint density at radius 1 is 0.926 bits per heavy atom. The van der Waals surface area contributed by atoms with Crippen LogP contribution in [-0.2, 0) is 6.54 Å². The molecule has 0 radical (unpaired) electrons. The van der Waals surface area contributed by atoms with E-state index in [1.54, 1.807) is 0 Å². The molecule has 1 N–H and O–H groups in total. The minimum Gasteiger partial charge on any atom is -0.335 e. The Hall–Kier alpha value is -1.51. The second-order valence-electron chi connectivity index (χ2n) is 8.17. The highest BCUT2D eigenvalue weighted by Crippen LogP contribution is 2.18. The van der Waals surface area contributed by atoms with Gasteiger partial charge in [0.05, 0.1) is 0 Å². The van der Waals surface area contributed by atoms with Gasteiger partial charge in [-0.05, 0) is 24.8 Å². The normalized spacial score (nSPS) is 14.9. The van der Waals surface area contributed by atoms with Gasteiger partial charge in [-0.3, -0.25) is 0 Å². The fraction of sp³-hybridized carbons (Fsp3) is 0.708. The van der Waals surface area contributed by atoms with Gasteiger partial charge in [0.1, 0.15) is 0 Å². The van der Waals surface area contributed by atoms with Crippen LogP contribution in [0.2, 0.25) is 0 Å². The summed E-state index contributed by atoms with van der Waals surface area (Å²) in [5, 5.41) is 3.30. The number of carbonyl (C=O) groups excluding carboxylic acids is 1. The molecule has 0 saturated heterocycles. The first-order valence-corrected chi connectivity index (χ1v) is 11.4. The van der Waals surface area contributed by atoms with E-state index in [4.69, 9.17) is 0 Å². The van der Waals surface area contributed by atoms with Crippen LogP contribution in [0.4, 0.5) is 4.79 Å². The molecule has 0 atom stereocenters. The second-order valence-corrected chi connectivity index (χ2v) is 8.17. The lowest BCUT2D eigenvalue weighted by atomic mass is 9.96. The summed E-state index contributed by atoms with van der Waals surface area (Å²) in [7, 11) is 0. The quantitative estimate of drug-likeness (QED) is 0.408. The highest BCUT2D eigenvalue weighted by molar-refractivity contribution is 5.74. The van der Waals surface area contributed by atoms with E-state index < -0.39 is 0 Å². The number of urea groups is 1. The molecule has 1 aromatic rings. The molecule has 0 bridgehead atoms.